The van der Waals surface area contributed by atoms with Crippen LogP contribution in [-0.4, -0.2) is 26.4 Å². The molecule has 0 aromatic carbocycles. The van der Waals surface area contributed by atoms with Crippen molar-refractivity contribution in [3.63, 3.8) is 0 Å². The van der Waals surface area contributed by atoms with Crippen LogP contribution in [0.15, 0.2) is 12.4 Å². The van der Waals surface area contributed by atoms with Gasteiger partial charge in [-0.2, -0.15) is 0 Å². The number of hydrogen-bond donors (Lipinski definition) is 0. The third-order valence-electron chi connectivity index (χ3n) is 8.02. The van der Waals surface area contributed by atoms with Crippen molar-refractivity contribution in [2.24, 2.45) is 0 Å². The first-order valence-corrected chi connectivity index (χ1v) is 17.6. The third kappa shape index (κ3) is 3.46. The summed E-state index contributed by atoms with van der Waals surface area (Å²) in [6, 6.07) is 0. The van der Waals surface area contributed by atoms with E-state index in [0.717, 1.165) is 11.8 Å². The minimum atomic E-state index is -2.62. The van der Waals surface area contributed by atoms with E-state index in [-0.39, 0.29) is 0 Å². The molecule has 4 rings (SSSR count). The molecule has 0 spiro atoms. The van der Waals surface area contributed by atoms with Gasteiger partial charge in [0.05, 0.1) is 0 Å². The summed E-state index contributed by atoms with van der Waals surface area (Å²) in [4.78, 5) is 4.78. The number of nitrogens with zero attached hydrogens (tertiary/aromatic N) is 2. The molecule has 0 radical (unpaired) electrons. The van der Waals surface area contributed by atoms with Crippen LogP contribution in [0.2, 0.25) is 11.8 Å². The molecule has 1 heterocycles. The zero-order chi connectivity index (χ0) is 17.1. The van der Waals surface area contributed by atoms with Gasteiger partial charge in [-0.1, -0.05) is 0 Å². The van der Waals surface area contributed by atoms with Crippen molar-refractivity contribution in [1.29, 1.82) is 0 Å². The Morgan fingerprint density at radius 1 is 0.720 bits per heavy atom. The Balaban J connectivity index is 1.81. The van der Waals surface area contributed by atoms with E-state index < -0.39 is 18.7 Å². The van der Waals surface area contributed by atoms with Gasteiger partial charge in [-0.15, -0.1) is 0 Å². The van der Waals surface area contributed by atoms with E-state index in [9.17, 15) is 0 Å². The van der Waals surface area contributed by atoms with Gasteiger partial charge < -0.3 is 0 Å². The molecule has 3 aliphatic carbocycles. The zero-order valence-electron chi connectivity index (χ0n) is 16.4. The molecule has 2 nitrogen and oxygen atoms in total. The molecule has 0 amide bonds. The molecular weight excluding hydrogens is 411 g/mol. The molecule has 0 N–H and O–H groups in total. The summed E-state index contributed by atoms with van der Waals surface area (Å²) in [6.07, 6.45) is 27.5. The van der Waals surface area contributed by atoms with E-state index >= 15 is 0 Å². The molecule has 25 heavy (non-hydrogen) atoms. The molecule has 1 aromatic heterocycles. The van der Waals surface area contributed by atoms with Gasteiger partial charge in [-0.25, -0.2) is 0 Å². The Morgan fingerprint density at radius 2 is 1.12 bits per heavy atom. The Hall–Kier alpha value is 0.00870. The molecule has 0 bridgehead atoms. The second kappa shape index (κ2) is 8.35. The molecule has 0 atom stereocenters. The monoisotopic (exact) mass is 450 g/mol. The van der Waals surface area contributed by atoms with E-state index in [1.54, 1.807) is 38.5 Å². The van der Waals surface area contributed by atoms with Gasteiger partial charge in [-0.05, 0) is 0 Å². The molecule has 1 aromatic rings. The molecule has 0 aliphatic heterocycles. The molecule has 3 aliphatic rings. The van der Waals surface area contributed by atoms with Gasteiger partial charge in [0.15, 0.2) is 0 Å². The fraction of sp³-hybridized carbons (Fsp3) is 0.864. The maximum atomic E-state index is 4.78. The summed E-state index contributed by atoms with van der Waals surface area (Å²) in [5.74, 6) is 1.37. The van der Waals surface area contributed by atoms with Gasteiger partial charge in [0.1, 0.15) is 0 Å². The van der Waals surface area contributed by atoms with E-state index in [1.165, 1.54) is 63.6 Å². The van der Waals surface area contributed by atoms with E-state index in [1.807, 2.05) is 0 Å². The van der Waals surface area contributed by atoms with Crippen molar-refractivity contribution in [3.8, 4) is 0 Å². The van der Waals surface area contributed by atoms with Gasteiger partial charge in [0.2, 0.25) is 0 Å². The van der Waals surface area contributed by atoms with Gasteiger partial charge in [0.25, 0.3) is 0 Å². The first kappa shape index (κ1) is 18.4. The third-order valence-corrected chi connectivity index (χ3v) is 27.9. The standard InChI is InChI=1S/3C6H11.C4H5N2.Sn/c3*1-2-4-6-5-3-1;1-4-5-2-3-6-4;/h3*1H,2-6H2;2-3H,1H3;/q;;;-1;+1. The summed E-state index contributed by atoms with van der Waals surface area (Å²) in [7, 11) is 0. The van der Waals surface area contributed by atoms with E-state index in [4.69, 9.17) is 4.98 Å². The molecule has 0 unspecified atom stereocenters. The summed E-state index contributed by atoms with van der Waals surface area (Å²) in [6.45, 7) is 2.32. The number of rotatable bonds is 4. The summed E-state index contributed by atoms with van der Waals surface area (Å²) >= 11 is -2.62. The van der Waals surface area contributed by atoms with Crippen LogP contribution in [0, 0.1) is 6.92 Å². The van der Waals surface area contributed by atoms with Crippen LogP contribution in [0.1, 0.15) is 102 Å². The fourth-order valence-corrected chi connectivity index (χ4v) is 30.3. The number of aromatic nitrogens is 2. The SMILES string of the molecule is Cc1ncc[n]1[Sn]([CH]1CCCCC1)([CH]1CCCCC1)[CH]1CCCCC1. The van der Waals surface area contributed by atoms with Crippen LogP contribution < -0.4 is 0 Å². The number of imidazole rings is 1. The first-order chi connectivity index (χ1) is 12.3. The van der Waals surface area contributed by atoms with Crippen LogP contribution in [-0.2, 0) is 0 Å². The van der Waals surface area contributed by atoms with Crippen molar-refractivity contribution >= 4 is 18.7 Å². The van der Waals surface area contributed by atoms with Crippen LogP contribution in [0.25, 0.3) is 0 Å². The Labute approximate surface area is 159 Å². The average Bonchev–Trinajstić information content (AvgIpc) is 3.12. The predicted molar refractivity (Wildman–Crippen MR) is 109 cm³/mol. The van der Waals surface area contributed by atoms with Crippen LogP contribution in [0.3, 0.4) is 0 Å². The second-order valence-electron chi connectivity index (χ2n) is 9.24. The van der Waals surface area contributed by atoms with Gasteiger partial charge >= 0.3 is 160 Å². The summed E-state index contributed by atoms with van der Waals surface area (Å²) in [5.41, 5.74) is 0. The summed E-state index contributed by atoms with van der Waals surface area (Å²) < 4.78 is 6.24. The van der Waals surface area contributed by atoms with Crippen LogP contribution in [0.4, 0.5) is 0 Å². The quantitative estimate of drug-likeness (QED) is 0.453. The van der Waals surface area contributed by atoms with Crippen molar-refractivity contribution in [3.05, 3.63) is 18.2 Å². The molecule has 0 saturated heterocycles. The second-order valence-corrected chi connectivity index (χ2v) is 22.7. The van der Waals surface area contributed by atoms with E-state index in [2.05, 4.69) is 22.1 Å². The zero-order valence-corrected chi connectivity index (χ0v) is 19.2. The van der Waals surface area contributed by atoms with Crippen molar-refractivity contribution in [1.82, 2.24) is 7.77 Å². The molecule has 3 heteroatoms. The van der Waals surface area contributed by atoms with Crippen molar-refractivity contribution < 1.29 is 0 Å². The Kier molecular flexibility index (Phi) is 6.14. The number of aryl methyl sites for hydroxylation is 1. The molecule has 140 valence electrons. The van der Waals surface area contributed by atoms with Crippen molar-refractivity contribution in [2.75, 3.05) is 0 Å². The predicted octanol–water partition coefficient (Wildman–Crippen LogP) is 6.99. The first-order valence-electron chi connectivity index (χ1n) is 11.3. The Bertz CT molecular complexity index is 488. The molecular formula is C22H38N2Sn. The normalized spacial score (nSPS) is 25.3. The van der Waals surface area contributed by atoms with Gasteiger partial charge in [0, 0.05) is 0 Å². The number of hydrogen-bond acceptors (Lipinski definition) is 1. The summed E-state index contributed by atoms with van der Waals surface area (Å²) in [5, 5.41) is 0. The average molecular weight is 449 g/mol. The molecule has 3 saturated carbocycles. The van der Waals surface area contributed by atoms with E-state index in [0.29, 0.717) is 0 Å². The topological polar surface area (TPSA) is 17.8 Å². The fourth-order valence-electron chi connectivity index (χ4n) is 7.07. The van der Waals surface area contributed by atoms with Crippen molar-refractivity contribution in [2.45, 2.75) is 115 Å². The van der Waals surface area contributed by atoms with Crippen LogP contribution in [0.5, 0.6) is 0 Å². The maximum absolute atomic E-state index is 4.78. The molecule has 3 fully saturated rings. The van der Waals surface area contributed by atoms with Crippen LogP contribution >= 0.6 is 0 Å². The Morgan fingerprint density at radius 3 is 1.44 bits per heavy atom. The van der Waals surface area contributed by atoms with Gasteiger partial charge in [-0.3, -0.25) is 0 Å². The minimum absolute atomic E-state index is 1.10.